The lowest BCUT2D eigenvalue weighted by Gasteiger charge is -2.23. The van der Waals surface area contributed by atoms with Crippen LogP contribution in [0.3, 0.4) is 0 Å². The highest BCUT2D eigenvalue weighted by Gasteiger charge is 2.25. The first kappa shape index (κ1) is 20.3. The molecule has 5 nitrogen and oxygen atoms in total. The van der Waals surface area contributed by atoms with Crippen LogP contribution in [0.4, 0.5) is 0 Å². The van der Waals surface area contributed by atoms with Crippen molar-refractivity contribution in [3.8, 4) is 0 Å². The van der Waals surface area contributed by atoms with Crippen molar-refractivity contribution in [1.82, 2.24) is 14.9 Å². The number of thiophene rings is 1. The van der Waals surface area contributed by atoms with Gasteiger partial charge in [-0.25, -0.2) is 4.98 Å². The van der Waals surface area contributed by atoms with Crippen LogP contribution in [-0.4, -0.2) is 34.8 Å². The number of hydrogen-bond donors (Lipinski definition) is 1. The molecule has 0 radical (unpaired) electrons. The molecule has 3 aromatic rings. The lowest BCUT2D eigenvalue weighted by Crippen LogP contribution is -2.35. The Morgan fingerprint density at radius 3 is 2.93 bits per heavy atom. The summed E-state index contributed by atoms with van der Waals surface area (Å²) in [7, 11) is 0. The number of ether oxygens (including phenoxy) is 1. The number of nitrogens with one attached hydrogen (secondary N) is 1. The van der Waals surface area contributed by atoms with Gasteiger partial charge in [-0.15, -0.1) is 11.3 Å². The van der Waals surface area contributed by atoms with Crippen LogP contribution in [0.15, 0.2) is 41.5 Å². The van der Waals surface area contributed by atoms with E-state index in [0.717, 1.165) is 54.6 Å². The molecule has 0 spiro atoms. The van der Waals surface area contributed by atoms with E-state index in [0.29, 0.717) is 18.7 Å². The summed E-state index contributed by atoms with van der Waals surface area (Å²) in [5.41, 5.74) is 2.44. The highest BCUT2D eigenvalue weighted by atomic mass is 32.1. The van der Waals surface area contributed by atoms with Crippen LogP contribution >= 0.6 is 11.3 Å². The minimum absolute atomic E-state index is 0.0913. The normalized spacial score (nSPS) is 16.4. The molecule has 2 aromatic heterocycles. The number of hydrogen-bond acceptors (Lipinski definition) is 5. The van der Waals surface area contributed by atoms with Crippen molar-refractivity contribution in [2.24, 2.45) is 0 Å². The zero-order valence-corrected chi connectivity index (χ0v) is 18.0. The minimum atomic E-state index is 0.0913. The van der Waals surface area contributed by atoms with Crippen LogP contribution in [0.2, 0.25) is 0 Å². The van der Waals surface area contributed by atoms with E-state index in [1.165, 1.54) is 10.4 Å². The Morgan fingerprint density at radius 2 is 2.14 bits per heavy atom. The van der Waals surface area contributed by atoms with Gasteiger partial charge in [0.1, 0.15) is 4.83 Å². The fourth-order valence-electron chi connectivity index (χ4n) is 3.97. The molecule has 0 saturated carbocycles. The number of benzene rings is 1. The number of fused-ring (bicyclic) bond motifs is 3. The number of nitrogens with zero attached hydrogens (tertiary/aromatic N) is 2. The van der Waals surface area contributed by atoms with Gasteiger partial charge in [0.15, 0.2) is 0 Å². The van der Waals surface area contributed by atoms with Crippen molar-refractivity contribution in [3.05, 3.63) is 63.0 Å². The summed E-state index contributed by atoms with van der Waals surface area (Å²) in [6.45, 7) is 6.48. The highest BCUT2D eigenvalue weighted by Crippen LogP contribution is 2.33. The highest BCUT2D eigenvalue weighted by molar-refractivity contribution is 7.18. The maximum absolute atomic E-state index is 13.1. The molecule has 6 heteroatoms. The van der Waals surface area contributed by atoms with E-state index < -0.39 is 0 Å². The maximum atomic E-state index is 13.1. The predicted molar refractivity (Wildman–Crippen MR) is 119 cm³/mol. The summed E-state index contributed by atoms with van der Waals surface area (Å²) in [5.74, 6) is 0. The Morgan fingerprint density at radius 1 is 1.31 bits per heavy atom. The molecule has 0 amide bonds. The van der Waals surface area contributed by atoms with Gasteiger partial charge in [0, 0.05) is 17.5 Å². The molecule has 0 fully saturated rings. The van der Waals surface area contributed by atoms with Gasteiger partial charge in [0.2, 0.25) is 0 Å². The first-order chi connectivity index (χ1) is 14.1. The third kappa shape index (κ3) is 4.77. The Bertz CT molecular complexity index is 1010. The lowest BCUT2D eigenvalue weighted by molar-refractivity contribution is 0.0766. The number of aryl methyl sites for hydroxylation is 1. The number of aromatic nitrogens is 2. The molecule has 1 aromatic carbocycles. The molecular weight excluding hydrogens is 382 g/mol. The third-order valence-electron chi connectivity index (χ3n) is 5.44. The van der Waals surface area contributed by atoms with Crippen LogP contribution < -0.4 is 10.9 Å². The van der Waals surface area contributed by atoms with Gasteiger partial charge in [-0.05, 0) is 57.2 Å². The Kier molecular flexibility index (Phi) is 6.43. The van der Waals surface area contributed by atoms with Gasteiger partial charge in [-0.3, -0.25) is 9.36 Å². The fraction of sp³-hybridized carbons (Fsp3) is 0.478. The molecule has 1 atom stereocenters. The van der Waals surface area contributed by atoms with Crippen molar-refractivity contribution >= 4 is 21.6 Å². The molecule has 1 N–H and O–H groups in total. The standard InChI is InChI=1S/C23H29N3O2S/c1-16(2)28-12-6-11-24-18-9-10-19-20(13-18)29-22-21(19)23(27)26(15-25-22)14-17-7-4-3-5-8-17/h3-5,7-8,15-16,18,24H,6,9-14H2,1-2H3. The second-order valence-electron chi connectivity index (χ2n) is 8.01. The molecule has 0 saturated heterocycles. The summed E-state index contributed by atoms with van der Waals surface area (Å²) >= 11 is 1.69. The van der Waals surface area contributed by atoms with Crippen molar-refractivity contribution < 1.29 is 4.74 Å². The monoisotopic (exact) mass is 411 g/mol. The molecule has 4 rings (SSSR count). The predicted octanol–water partition coefficient (Wildman–Crippen LogP) is 3.77. The van der Waals surface area contributed by atoms with Gasteiger partial charge < -0.3 is 10.1 Å². The van der Waals surface area contributed by atoms with Crippen LogP contribution in [0.25, 0.3) is 10.2 Å². The molecule has 154 valence electrons. The van der Waals surface area contributed by atoms with E-state index in [1.54, 1.807) is 22.2 Å². The Balaban J connectivity index is 1.46. The van der Waals surface area contributed by atoms with E-state index >= 15 is 0 Å². The van der Waals surface area contributed by atoms with E-state index in [4.69, 9.17) is 4.74 Å². The van der Waals surface area contributed by atoms with E-state index in [1.807, 2.05) is 30.3 Å². The largest absolute Gasteiger partial charge is 0.379 e. The summed E-state index contributed by atoms with van der Waals surface area (Å²) in [6, 6.07) is 10.6. The van der Waals surface area contributed by atoms with Crippen molar-refractivity contribution in [3.63, 3.8) is 0 Å². The topological polar surface area (TPSA) is 56.1 Å². The Labute approximate surface area is 175 Å². The third-order valence-corrected chi connectivity index (χ3v) is 6.60. The van der Waals surface area contributed by atoms with Crippen molar-refractivity contribution in [2.45, 2.75) is 58.2 Å². The molecular formula is C23H29N3O2S. The van der Waals surface area contributed by atoms with E-state index in [2.05, 4.69) is 24.1 Å². The average molecular weight is 412 g/mol. The zero-order valence-electron chi connectivity index (χ0n) is 17.2. The maximum Gasteiger partial charge on any atom is 0.262 e. The molecule has 0 aliphatic heterocycles. The SMILES string of the molecule is CC(C)OCCCNC1CCc2c(sc3ncn(Cc4ccccc4)c(=O)c23)C1. The average Bonchev–Trinajstić information content (AvgIpc) is 3.09. The van der Waals surface area contributed by atoms with Crippen LogP contribution in [-0.2, 0) is 24.1 Å². The van der Waals surface area contributed by atoms with Crippen LogP contribution in [0.1, 0.15) is 42.7 Å². The molecule has 1 aliphatic carbocycles. The molecule has 1 aliphatic rings. The van der Waals surface area contributed by atoms with Gasteiger partial charge in [-0.2, -0.15) is 0 Å². The molecule has 2 heterocycles. The first-order valence-electron chi connectivity index (χ1n) is 10.5. The minimum Gasteiger partial charge on any atom is -0.379 e. The molecule has 29 heavy (non-hydrogen) atoms. The quantitative estimate of drug-likeness (QED) is 0.574. The first-order valence-corrected chi connectivity index (χ1v) is 11.3. The van der Waals surface area contributed by atoms with Crippen LogP contribution in [0, 0.1) is 0 Å². The van der Waals surface area contributed by atoms with Gasteiger partial charge in [0.25, 0.3) is 5.56 Å². The smallest absolute Gasteiger partial charge is 0.262 e. The van der Waals surface area contributed by atoms with Gasteiger partial charge in [-0.1, -0.05) is 30.3 Å². The van der Waals surface area contributed by atoms with Gasteiger partial charge >= 0.3 is 0 Å². The summed E-state index contributed by atoms with van der Waals surface area (Å²) in [5, 5.41) is 4.50. The van der Waals surface area contributed by atoms with Gasteiger partial charge in [0.05, 0.1) is 24.4 Å². The Hall–Kier alpha value is -2.02. The second kappa shape index (κ2) is 9.20. The summed E-state index contributed by atoms with van der Waals surface area (Å²) in [6.07, 6.45) is 6.02. The summed E-state index contributed by atoms with van der Waals surface area (Å²) < 4.78 is 7.35. The van der Waals surface area contributed by atoms with E-state index in [9.17, 15) is 4.79 Å². The zero-order chi connectivity index (χ0) is 20.2. The molecule has 1 unspecified atom stereocenters. The van der Waals surface area contributed by atoms with Crippen molar-refractivity contribution in [1.29, 1.82) is 0 Å². The number of rotatable bonds is 8. The van der Waals surface area contributed by atoms with Crippen molar-refractivity contribution in [2.75, 3.05) is 13.2 Å². The van der Waals surface area contributed by atoms with E-state index in [-0.39, 0.29) is 5.56 Å². The van der Waals surface area contributed by atoms with Crippen LogP contribution in [0.5, 0.6) is 0 Å². The molecule has 0 bridgehead atoms. The lowest BCUT2D eigenvalue weighted by atomic mass is 9.93. The second-order valence-corrected chi connectivity index (χ2v) is 9.10. The summed E-state index contributed by atoms with van der Waals surface area (Å²) in [4.78, 5) is 20.0. The fourth-order valence-corrected chi connectivity index (χ4v) is 5.22.